The fourth-order valence-electron chi connectivity index (χ4n) is 2.70. The molecule has 0 spiro atoms. The maximum Gasteiger partial charge on any atom is 0.123 e. The second kappa shape index (κ2) is 5.61. The second-order valence-corrected chi connectivity index (χ2v) is 5.30. The van der Waals surface area contributed by atoms with Crippen LogP contribution >= 0.6 is 0 Å². The average molecular weight is 300 g/mol. The molecule has 0 unspecified atom stereocenters. The predicted molar refractivity (Wildman–Crippen MR) is 90.4 cm³/mol. The quantitative estimate of drug-likeness (QED) is 0.514. The minimum Gasteiger partial charge on any atom is -0.255 e. The summed E-state index contributed by atoms with van der Waals surface area (Å²) in [7, 11) is 0. The van der Waals surface area contributed by atoms with E-state index in [0.29, 0.717) is 0 Å². The topological polar surface area (TPSA) is 25.8 Å². The van der Waals surface area contributed by atoms with Crippen molar-refractivity contribution < 1.29 is 4.39 Å². The van der Waals surface area contributed by atoms with Gasteiger partial charge in [-0.05, 0) is 47.5 Å². The molecule has 2 heterocycles. The molecule has 110 valence electrons. The lowest BCUT2D eigenvalue weighted by Gasteiger charge is -2.10. The van der Waals surface area contributed by atoms with Gasteiger partial charge in [-0.1, -0.05) is 36.4 Å². The van der Waals surface area contributed by atoms with E-state index in [2.05, 4.69) is 9.97 Å². The van der Waals surface area contributed by atoms with Gasteiger partial charge in [0.1, 0.15) is 5.82 Å². The van der Waals surface area contributed by atoms with Crippen LogP contribution in [0.1, 0.15) is 0 Å². The van der Waals surface area contributed by atoms with Crippen molar-refractivity contribution in [1.29, 1.82) is 0 Å². The number of fused-ring (bicyclic) bond motifs is 1. The highest BCUT2D eigenvalue weighted by Gasteiger charge is 2.10. The van der Waals surface area contributed by atoms with Gasteiger partial charge in [0.15, 0.2) is 0 Å². The molecule has 3 heteroatoms. The van der Waals surface area contributed by atoms with Gasteiger partial charge in [-0.15, -0.1) is 0 Å². The molecule has 0 aliphatic carbocycles. The van der Waals surface area contributed by atoms with Crippen molar-refractivity contribution in [2.75, 3.05) is 0 Å². The van der Waals surface area contributed by atoms with Crippen LogP contribution < -0.4 is 0 Å². The smallest absolute Gasteiger partial charge is 0.123 e. The third kappa shape index (κ3) is 2.57. The monoisotopic (exact) mass is 300 g/mol. The van der Waals surface area contributed by atoms with Crippen LogP contribution in [0.15, 0.2) is 79.0 Å². The normalized spacial score (nSPS) is 10.8. The third-order valence-corrected chi connectivity index (χ3v) is 3.78. The molecule has 2 nitrogen and oxygen atoms in total. The Hall–Kier alpha value is -3.07. The van der Waals surface area contributed by atoms with Crippen LogP contribution in [0.3, 0.4) is 0 Å². The number of benzene rings is 2. The first-order valence-electron chi connectivity index (χ1n) is 7.38. The van der Waals surface area contributed by atoms with Crippen LogP contribution in [0.4, 0.5) is 4.39 Å². The summed E-state index contributed by atoms with van der Waals surface area (Å²) in [6.45, 7) is 0. The first-order valence-corrected chi connectivity index (χ1v) is 7.38. The maximum atomic E-state index is 13.7. The molecule has 2 aromatic carbocycles. The summed E-state index contributed by atoms with van der Waals surface area (Å²) in [5.74, 6) is -0.262. The Balaban J connectivity index is 2.04. The molecule has 0 saturated carbocycles. The Morgan fingerprint density at radius 2 is 1.57 bits per heavy atom. The highest BCUT2D eigenvalue weighted by molar-refractivity contribution is 5.96. The van der Waals surface area contributed by atoms with Crippen LogP contribution in [-0.2, 0) is 0 Å². The van der Waals surface area contributed by atoms with Gasteiger partial charge in [-0.3, -0.25) is 4.98 Å². The summed E-state index contributed by atoms with van der Waals surface area (Å²) in [5.41, 5.74) is 4.33. The lowest BCUT2D eigenvalue weighted by Crippen LogP contribution is -1.92. The molecule has 0 fully saturated rings. The van der Waals surface area contributed by atoms with Crippen molar-refractivity contribution in [1.82, 2.24) is 9.97 Å². The van der Waals surface area contributed by atoms with Gasteiger partial charge in [0.05, 0.1) is 16.9 Å². The lowest BCUT2D eigenvalue weighted by atomic mass is 9.99. The van der Waals surface area contributed by atoms with E-state index in [1.807, 2.05) is 54.6 Å². The Bertz CT molecular complexity index is 967. The molecule has 4 rings (SSSR count). The minimum atomic E-state index is -0.262. The van der Waals surface area contributed by atoms with Crippen LogP contribution in [0, 0.1) is 5.82 Å². The van der Waals surface area contributed by atoms with E-state index in [4.69, 9.17) is 0 Å². The minimum absolute atomic E-state index is 0.262. The molecule has 0 radical (unpaired) electrons. The molecule has 23 heavy (non-hydrogen) atoms. The number of aromatic nitrogens is 2. The molecular formula is C20H13FN2. The van der Waals surface area contributed by atoms with Crippen LogP contribution in [0.25, 0.3) is 33.4 Å². The van der Waals surface area contributed by atoms with Gasteiger partial charge in [0, 0.05) is 11.6 Å². The van der Waals surface area contributed by atoms with Crippen molar-refractivity contribution in [2.45, 2.75) is 0 Å². The van der Waals surface area contributed by atoms with E-state index in [9.17, 15) is 4.39 Å². The zero-order chi connectivity index (χ0) is 15.6. The third-order valence-electron chi connectivity index (χ3n) is 3.78. The molecule has 0 bridgehead atoms. The van der Waals surface area contributed by atoms with E-state index in [-0.39, 0.29) is 5.82 Å². The fraction of sp³-hybridized carbons (Fsp3) is 0. The second-order valence-electron chi connectivity index (χ2n) is 5.30. The zero-order valence-corrected chi connectivity index (χ0v) is 12.3. The van der Waals surface area contributed by atoms with E-state index in [0.717, 1.165) is 33.4 Å². The summed E-state index contributed by atoms with van der Waals surface area (Å²) >= 11 is 0. The zero-order valence-electron chi connectivity index (χ0n) is 12.3. The van der Waals surface area contributed by atoms with Crippen molar-refractivity contribution in [3.05, 3.63) is 84.8 Å². The number of hydrogen-bond acceptors (Lipinski definition) is 2. The molecule has 4 aromatic rings. The van der Waals surface area contributed by atoms with Gasteiger partial charge < -0.3 is 0 Å². The Labute approximate surface area is 133 Å². The first-order chi connectivity index (χ1) is 11.3. The standard InChI is InChI=1S/C20H13FN2/c21-15-9-10-18-17(12-15)16(14-6-2-1-3-7-14)13-20(23-18)19-8-4-5-11-22-19/h1-13H. The lowest BCUT2D eigenvalue weighted by molar-refractivity contribution is 0.629. The van der Waals surface area contributed by atoms with Crippen LogP contribution in [-0.4, -0.2) is 9.97 Å². The molecule has 0 saturated heterocycles. The van der Waals surface area contributed by atoms with Crippen LogP contribution in [0.2, 0.25) is 0 Å². The van der Waals surface area contributed by atoms with E-state index < -0.39 is 0 Å². The summed E-state index contributed by atoms with van der Waals surface area (Å²) in [4.78, 5) is 9.02. The predicted octanol–water partition coefficient (Wildman–Crippen LogP) is 5.10. The van der Waals surface area contributed by atoms with Gasteiger partial charge in [0.25, 0.3) is 0 Å². The summed E-state index contributed by atoms with van der Waals surface area (Å²) in [6.07, 6.45) is 1.74. The number of halogens is 1. The molecule has 0 amide bonds. The number of pyridine rings is 2. The van der Waals surface area contributed by atoms with Crippen molar-refractivity contribution in [3.63, 3.8) is 0 Å². The fourth-order valence-corrected chi connectivity index (χ4v) is 2.70. The van der Waals surface area contributed by atoms with Gasteiger partial charge in [-0.2, -0.15) is 0 Å². The van der Waals surface area contributed by atoms with Crippen molar-refractivity contribution in [2.24, 2.45) is 0 Å². The summed E-state index contributed by atoms with van der Waals surface area (Å²) in [6, 6.07) is 22.3. The summed E-state index contributed by atoms with van der Waals surface area (Å²) < 4.78 is 13.7. The first kappa shape index (κ1) is 13.6. The highest BCUT2D eigenvalue weighted by Crippen LogP contribution is 2.31. The van der Waals surface area contributed by atoms with Gasteiger partial charge in [-0.25, -0.2) is 9.37 Å². The molecule has 0 N–H and O–H groups in total. The molecular weight excluding hydrogens is 287 g/mol. The Kier molecular flexibility index (Phi) is 3.31. The SMILES string of the molecule is Fc1ccc2nc(-c3ccccn3)cc(-c3ccccc3)c2c1. The number of hydrogen-bond donors (Lipinski definition) is 0. The molecule has 0 atom stereocenters. The molecule has 2 aromatic heterocycles. The molecule has 0 aliphatic heterocycles. The molecule has 0 aliphatic rings. The largest absolute Gasteiger partial charge is 0.255 e. The number of rotatable bonds is 2. The van der Waals surface area contributed by atoms with Crippen LogP contribution in [0.5, 0.6) is 0 Å². The van der Waals surface area contributed by atoms with E-state index in [1.165, 1.54) is 12.1 Å². The Morgan fingerprint density at radius 3 is 2.35 bits per heavy atom. The maximum absolute atomic E-state index is 13.7. The Morgan fingerprint density at radius 1 is 0.739 bits per heavy atom. The van der Waals surface area contributed by atoms with E-state index in [1.54, 1.807) is 12.3 Å². The van der Waals surface area contributed by atoms with Crippen molar-refractivity contribution >= 4 is 10.9 Å². The average Bonchev–Trinajstić information content (AvgIpc) is 2.62. The summed E-state index contributed by atoms with van der Waals surface area (Å²) in [5, 5.41) is 0.802. The number of nitrogens with zero attached hydrogens (tertiary/aromatic N) is 2. The van der Waals surface area contributed by atoms with Gasteiger partial charge in [0.2, 0.25) is 0 Å². The van der Waals surface area contributed by atoms with Gasteiger partial charge >= 0.3 is 0 Å². The van der Waals surface area contributed by atoms with E-state index >= 15 is 0 Å². The van der Waals surface area contributed by atoms with Crippen molar-refractivity contribution in [3.8, 4) is 22.5 Å². The highest BCUT2D eigenvalue weighted by atomic mass is 19.1.